The van der Waals surface area contributed by atoms with E-state index in [-0.39, 0.29) is 11.9 Å². The maximum absolute atomic E-state index is 12.5. The summed E-state index contributed by atoms with van der Waals surface area (Å²) in [4.78, 5) is 12.5. The molecule has 122 valence electrons. The van der Waals surface area contributed by atoms with E-state index >= 15 is 0 Å². The maximum atomic E-state index is 12.5. The number of aryl methyl sites for hydroxylation is 2. The van der Waals surface area contributed by atoms with Crippen LogP contribution in [0.3, 0.4) is 0 Å². The minimum atomic E-state index is -0.308. The highest BCUT2D eigenvalue weighted by molar-refractivity contribution is 5.96. The average Bonchev–Trinajstić information content (AvgIpc) is 2.51. The van der Waals surface area contributed by atoms with Gasteiger partial charge in [-0.25, -0.2) is 0 Å². The first-order valence-corrected chi connectivity index (χ1v) is 8.12. The van der Waals surface area contributed by atoms with Crippen molar-refractivity contribution in [2.24, 2.45) is 0 Å². The van der Waals surface area contributed by atoms with Gasteiger partial charge in [-0.1, -0.05) is 38.1 Å². The van der Waals surface area contributed by atoms with Crippen molar-refractivity contribution in [3.63, 3.8) is 0 Å². The van der Waals surface area contributed by atoms with Crippen LogP contribution in [0.15, 0.2) is 42.5 Å². The molecule has 0 saturated heterocycles. The molecule has 0 bridgehead atoms. The zero-order valence-electron chi connectivity index (χ0n) is 14.6. The maximum Gasteiger partial charge on any atom is 0.246 e. The summed E-state index contributed by atoms with van der Waals surface area (Å²) in [6.07, 6.45) is 0. The molecule has 0 heterocycles. The molecule has 0 spiro atoms. The molecule has 2 rings (SSSR count). The summed E-state index contributed by atoms with van der Waals surface area (Å²) in [6, 6.07) is 13.8. The summed E-state index contributed by atoms with van der Waals surface area (Å²) in [5.74, 6) is 0.339. The van der Waals surface area contributed by atoms with Crippen molar-refractivity contribution in [1.29, 1.82) is 0 Å². The second-order valence-electron chi connectivity index (χ2n) is 6.40. The molecule has 2 aromatic carbocycles. The number of amides is 1. The summed E-state index contributed by atoms with van der Waals surface area (Å²) >= 11 is 0. The molecular weight excluding hydrogens is 284 g/mol. The molecule has 1 amide bonds. The van der Waals surface area contributed by atoms with Crippen LogP contribution in [0.5, 0.6) is 0 Å². The number of carbonyl (C=O) groups is 1. The van der Waals surface area contributed by atoms with Crippen LogP contribution in [0, 0.1) is 13.8 Å². The molecule has 0 saturated carbocycles. The van der Waals surface area contributed by atoms with Crippen molar-refractivity contribution in [2.75, 3.05) is 10.6 Å². The third-order valence-corrected chi connectivity index (χ3v) is 4.12. The lowest BCUT2D eigenvalue weighted by Crippen LogP contribution is -2.32. The zero-order chi connectivity index (χ0) is 17.0. The van der Waals surface area contributed by atoms with Gasteiger partial charge < -0.3 is 10.6 Å². The van der Waals surface area contributed by atoms with Crippen molar-refractivity contribution in [2.45, 2.75) is 46.6 Å². The quantitative estimate of drug-likeness (QED) is 0.827. The highest BCUT2D eigenvalue weighted by Crippen LogP contribution is 2.24. The Kier molecular flexibility index (Phi) is 5.43. The fourth-order valence-electron chi connectivity index (χ4n) is 2.50. The number of para-hydroxylation sites is 1. The van der Waals surface area contributed by atoms with Gasteiger partial charge in [-0.05, 0) is 61.6 Å². The lowest BCUT2D eigenvalue weighted by molar-refractivity contribution is -0.116. The Balaban J connectivity index is 2.07. The Morgan fingerprint density at radius 3 is 2.30 bits per heavy atom. The van der Waals surface area contributed by atoms with Crippen LogP contribution >= 0.6 is 0 Å². The van der Waals surface area contributed by atoms with Gasteiger partial charge in [-0.3, -0.25) is 4.79 Å². The third kappa shape index (κ3) is 4.35. The van der Waals surface area contributed by atoms with Crippen LogP contribution in [-0.2, 0) is 4.79 Å². The summed E-state index contributed by atoms with van der Waals surface area (Å²) in [5.41, 5.74) is 5.47. The molecule has 0 aromatic heterocycles. The van der Waals surface area contributed by atoms with Crippen molar-refractivity contribution in [3.05, 3.63) is 59.2 Å². The molecule has 1 unspecified atom stereocenters. The van der Waals surface area contributed by atoms with E-state index in [9.17, 15) is 4.79 Å². The summed E-state index contributed by atoms with van der Waals surface area (Å²) < 4.78 is 0. The molecule has 0 aliphatic rings. The van der Waals surface area contributed by atoms with Crippen molar-refractivity contribution in [3.8, 4) is 0 Å². The van der Waals surface area contributed by atoms with Crippen LogP contribution in [-0.4, -0.2) is 11.9 Å². The van der Waals surface area contributed by atoms with E-state index in [1.165, 1.54) is 11.1 Å². The smallest absolute Gasteiger partial charge is 0.246 e. The van der Waals surface area contributed by atoms with Gasteiger partial charge in [-0.15, -0.1) is 0 Å². The Labute approximate surface area is 139 Å². The van der Waals surface area contributed by atoms with Gasteiger partial charge in [0.1, 0.15) is 6.04 Å². The van der Waals surface area contributed by atoms with Gasteiger partial charge in [0, 0.05) is 11.4 Å². The van der Waals surface area contributed by atoms with Crippen molar-refractivity contribution >= 4 is 17.3 Å². The molecular formula is C20H26N2O. The fourth-order valence-corrected chi connectivity index (χ4v) is 2.50. The number of benzene rings is 2. The number of rotatable bonds is 5. The molecule has 0 radical (unpaired) electrons. The number of anilines is 2. The SMILES string of the molecule is Cc1ccc(NC(C)C(=O)Nc2ccccc2C(C)C)cc1C. The average molecular weight is 310 g/mol. The molecule has 3 heteroatoms. The Bertz CT molecular complexity index is 692. The summed E-state index contributed by atoms with van der Waals surface area (Å²) in [5, 5.41) is 6.30. The Hall–Kier alpha value is -2.29. The number of carbonyl (C=O) groups excluding carboxylic acids is 1. The van der Waals surface area contributed by atoms with E-state index in [1.54, 1.807) is 0 Å². The monoisotopic (exact) mass is 310 g/mol. The Morgan fingerprint density at radius 2 is 1.65 bits per heavy atom. The van der Waals surface area contributed by atoms with Gasteiger partial charge in [0.15, 0.2) is 0 Å². The molecule has 1 atom stereocenters. The highest BCUT2D eigenvalue weighted by Gasteiger charge is 2.15. The minimum absolute atomic E-state index is 0.0312. The number of hydrogen-bond acceptors (Lipinski definition) is 2. The lowest BCUT2D eigenvalue weighted by Gasteiger charge is -2.18. The molecule has 2 N–H and O–H groups in total. The Morgan fingerprint density at radius 1 is 0.957 bits per heavy atom. The second kappa shape index (κ2) is 7.32. The largest absolute Gasteiger partial charge is 0.374 e. The minimum Gasteiger partial charge on any atom is -0.374 e. The summed E-state index contributed by atoms with van der Waals surface area (Å²) in [6.45, 7) is 10.3. The first-order chi connectivity index (χ1) is 10.9. The van der Waals surface area contributed by atoms with E-state index in [2.05, 4.69) is 56.5 Å². The van der Waals surface area contributed by atoms with E-state index in [4.69, 9.17) is 0 Å². The van der Waals surface area contributed by atoms with Gasteiger partial charge >= 0.3 is 0 Å². The number of hydrogen-bond donors (Lipinski definition) is 2. The van der Waals surface area contributed by atoms with Crippen molar-refractivity contribution < 1.29 is 4.79 Å². The molecule has 3 nitrogen and oxygen atoms in total. The third-order valence-electron chi connectivity index (χ3n) is 4.12. The van der Waals surface area contributed by atoms with Crippen LogP contribution in [0.4, 0.5) is 11.4 Å². The van der Waals surface area contributed by atoms with E-state index < -0.39 is 0 Å². The van der Waals surface area contributed by atoms with Crippen LogP contribution in [0.1, 0.15) is 43.4 Å². The van der Waals surface area contributed by atoms with Gasteiger partial charge in [0.25, 0.3) is 0 Å². The van der Waals surface area contributed by atoms with Gasteiger partial charge in [0.2, 0.25) is 5.91 Å². The first kappa shape index (κ1) is 17.1. The lowest BCUT2D eigenvalue weighted by atomic mass is 10.0. The van der Waals surface area contributed by atoms with E-state index in [1.807, 2.05) is 31.2 Å². The van der Waals surface area contributed by atoms with Gasteiger partial charge in [-0.2, -0.15) is 0 Å². The van der Waals surface area contributed by atoms with Crippen LogP contribution in [0.25, 0.3) is 0 Å². The van der Waals surface area contributed by atoms with E-state index in [0.29, 0.717) is 5.92 Å². The second-order valence-corrected chi connectivity index (χ2v) is 6.40. The van der Waals surface area contributed by atoms with Crippen LogP contribution in [0.2, 0.25) is 0 Å². The highest BCUT2D eigenvalue weighted by atomic mass is 16.2. The molecule has 23 heavy (non-hydrogen) atoms. The van der Waals surface area contributed by atoms with Crippen molar-refractivity contribution in [1.82, 2.24) is 0 Å². The summed E-state index contributed by atoms with van der Waals surface area (Å²) in [7, 11) is 0. The first-order valence-electron chi connectivity index (χ1n) is 8.12. The predicted molar refractivity (Wildman–Crippen MR) is 98.2 cm³/mol. The molecule has 0 fully saturated rings. The fraction of sp³-hybridized carbons (Fsp3) is 0.350. The number of nitrogens with one attached hydrogen (secondary N) is 2. The zero-order valence-corrected chi connectivity index (χ0v) is 14.6. The van der Waals surface area contributed by atoms with Gasteiger partial charge in [0.05, 0.1) is 0 Å². The predicted octanol–water partition coefficient (Wildman–Crippen LogP) is 4.87. The van der Waals surface area contributed by atoms with E-state index in [0.717, 1.165) is 16.9 Å². The van der Waals surface area contributed by atoms with Crippen LogP contribution < -0.4 is 10.6 Å². The molecule has 2 aromatic rings. The molecule has 0 aliphatic heterocycles. The normalized spacial score (nSPS) is 12.1. The molecule has 0 aliphatic carbocycles. The standard InChI is InChI=1S/C20H26N2O/c1-13(2)18-8-6-7-9-19(18)22-20(23)16(5)21-17-11-10-14(3)15(4)12-17/h6-13,16,21H,1-5H3,(H,22,23). The topological polar surface area (TPSA) is 41.1 Å².